The molecular formula is C6H4ClF3N2O2S. The van der Waals surface area contributed by atoms with Crippen molar-refractivity contribution in [3.8, 4) is 0 Å². The number of rotatable bonds is 2. The van der Waals surface area contributed by atoms with Crippen LogP contribution < -0.4 is 4.72 Å². The van der Waals surface area contributed by atoms with Crippen molar-refractivity contribution in [1.29, 1.82) is 0 Å². The van der Waals surface area contributed by atoms with E-state index in [1.807, 2.05) is 0 Å². The van der Waals surface area contributed by atoms with E-state index in [1.54, 1.807) is 0 Å². The van der Waals surface area contributed by atoms with Crippen LogP contribution in [0.3, 0.4) is 0 Å². The molecule has 1 N–H and O–H groups in total. The molecule has 0 aliphatic carbocycles. The van der Waals surface area contributed by atoms with Crippen LogP contribution in [0.4, 0.5) is 18.9 Å². The van der Waals surface area contributed by atoms with Gasteiger partial charge in [0.05, 0.1) is 5.69 Å². The fourth-order valence-corrected chi connectivity index (χ4v) is 1.46. The molecule has 0 saturated heterocycles. The Hall–Kier alpha value is -1.02. The molecule has 0 bridgehead atoms. The minimum atomic E-state index is -5.45. The molecule has 0 amide bonds. The number of sulfonamides is 1. The highest BCUT2D eigenvalue weighted by Crippen LogP contribution is 2.27. The van der Waals surface area contributed by atoms with Gasteiger partial charge in [-0.05, 0) is 12.1 Å². The molecule has 0 aliphatic rings. The maximum absolute atomic E-state index is 11.9. The van der Waals surface area contributed by atoms with Crippen LogP contribution in [0.25, 0.3) is 0 Å². The smallest absolute Gasteiger partial charge is 0.273 e. The van der Waals surface area contributed by atoms with Crippen molar-refractivity contribution in [2.45, 2.75) is 5.51 Å². The van der Waals surface area contributed by atoms with Gasteiger partial charge in [-0.2, -0.15) is 21.6 Å². The molecule has 1 heterocycles. The molecule has 1 aromatic heterocycles. The zero-order valence-corrected chi connectivity index (χ0v) is 8.49. The van der Waals surface area contributed by atoms with Crippen LogP contribution in [0, 0.1) is 0 Å². The molecule has 84 valence electrons. The van der Waals surface area contributed by atoms with Crippen LogP contribution in [0.5, 0.6) is 0 Å². The van der Waals surface area contributed by atoms with Crippen molar-refractivity contribution in [2.75, 3.05) is 4.72 Å². The van der Waals surface area contributed by atoms with E-state index in [4.69, 9.17) is 11.6 Å². The summed E-state index contributed by atoms with van der Waals surface area (Å²) in [6.07, 6.45) is 1.22. The molecule has 0 aliphatic heterocycles. The predicted molar refractivity (Wildman–Crippen MR) is 47.8 cm³/mol. The van der Waals surface area contributed by atoms with Crippen LogP contribution in [-0.2, 0) is 10.0 Å². The van der Waals surface area contributed by atoms with Crippen molar-refractivity contribution in [2.24, 2.45) is 0 Å². The first-order valence-corrected chi connectivity index (χ1v) is 5.30. The fraction of sp³-hybridized carbons (Fsp3) is 0.167. The van der Waals surface area contributed by atoms with Gasteiger partial charge < -0.3 is 0 Å². The summed E-state index contributed by atoms with van der Waals surface area (Å²) in [4.78, 5) is 3.42. The monoisotopic (exact) mass is 260 g/mol. The first-order valence-electron chi connectivity index (χ1n) is 3.43. The standard InChI is InChI=1S/C6H4ClF3N2O2S/c7-5-4(2-1-3-11-5)12-15(13,14)6(8,9)10/h1-3,12H. The summed E-state index contributed by atoms with van der Waals surface area (Å²) in [7, 11) is -5.45. The quantitative estimate of drug-likeness (QED) is 0.828. The van der Waals surface area contributed by atoms with Gasteiger partial charge >= 0.3 is 15.5 Å². The average molecular weight is 261 g/mol. The van der Waals surface area contributed by atoms with E-state index in [0.717, 1.165) is 6.07 Å². The Bertz CT molecular complexity index is 460. The molecule has 0 spiro atoms. The van der Waals surface area contributed by atoms with E-state index in [-0.39, 0.29) is 5.15 Å². The van der Waals surface area contributed by atoms with E-state index in [0.29, 0.717) is 0 Å². The Kier molecular flexibility index (Phi) is 3.10. The van der Waals surface area contributed by atoms with Crippen LogP contribution in [0.15, 0.2) is 18.3 Å². The molecule has 0 saturated carbocycles. The second-order valence-electron chi connectivity index (χ2n) is 2.39. The second kappa shape index (κ2) is 3.86. The maximum atomic E-state index is 11.9. The van der Waals surface area contributed by atoms with Crippen molar-refractivity contribution in [1.82, 2.24) is 4.98 Å². The van der Waals surface area contributed by atoms with Crippen molar-refractivity contribution >= 4 is 27.3 Å². The molecule has 0 unspecified atom stereocenters. The minimum Gasteiger partial charge on any atom is -0.273 e. The van der Waals surface area contributed by atoms with Crippen molar-refractivity contribution in [3.63, 3.8) is 0 Å². The number of nitrogens with one attached hydrogen (secondary N) is 1. The first-order chi connectivity index (χ1) is 6.74. The third-order valence-electron chi connectivity index (χ3n) is 1.31. The van der Waals surface area contributed by atoms with Crippen LogP contribution in [-0.4, -0.2) is 18.9 Å². The van der Waals surface area contributed by atoms with E-state index in [1.165, 1.54) is 17.0 Å². The van der Waals surface area contributed by atoms with Gasteiger partial charge in [-0.3, -0.25) is 4.72 Å². The Morgan fingerprint density at radius 2 is 2.00 bits per heavy atom. The number of halogens is 4. The number of alkyl halides is 3. The maximum Gasteiger partial charge on any atom is 0.516 e. The molecule has 0 fully saturated rings. The SMILES string of the molecule is O=S(=O)(Nc1cccnc1Cl)C(F)(F)F. The van der Waals surface area contributed by atoms with Gasteiger partial charge in [0.1, 0.15) is 0 Å². The van der Waals surface area contributed by atoms with E-state index in [9.17, 15) is 21.6 Å². The van der Waals surface area contributed by atoms with Gasteiger partial charge in [-0.15, -0.1) is 0 Å². The zero-order chi connectivity index (χ0) is 11.7. The van der Waals surface area contributed by atoms with Crippen molar-refractivity contribution in [3.05, 3.63) is 23.5 Å². The summed E-state index contributed by atoms with van der Waals surface area (Å²) in [5, 5.41) is -0.356. The molecule has 9 heteroatoms. The largest absolute Gasteiger partial charge is 0.516 e. The van der Waals surface area contributed by atoms with E-state index in [2.05, 4.69) is 4.98 Å². The van der Waals surface area contributed by atoms with E-state index >= 15 is 0 Å². The van der Waals surface area contributed by atoms with Crippen LogP contribution in [0.1, 0.15) is 0 Å². The molecular weight excluding hydrogens is 257 g/mol. The number of nitrogens with zero attached hydrogens (tertiary/aromatic N) is 1. The summed E-state index contributed by atoms with van der Waals surface area (Å²) in [6.45, 7) is 0. The lowest BCUT2D eigenvalue weighted by Crippen LogP contribution is -2.30. The molecule has 1 aromatic rings. The molecule has 0 atom stereocenters. The summed E-state index contributed by atoms with van der Waals surface area (Å²) in [6, 6.07) is 2.32. The molecule has 1 rings (SSSR count). The number of aromatic nitrogens is 1. The Balaban J connectivity index is 3.03. The Morgan fingerprint density at radius 1 is 1.40 bits per heavy atom. The molecule has 0 radical (unpaired) electrons. The van der Waals surface area contributed by atoms with Gasteiger partial charge in [-0.1, -0.05) is 11.6 Å². The average Bonchev–Trinajstić information content (AvgIpc) is 2.06. The summed E-state index contributed by atoms with van der Waals surface area (Å²) in [5.41, 5.74) is -5.80. The lowest BCUT2D eigenvalue weighted by molar-refractivity contribution is -0.0429. The second-order valence-corrected chi connectivity index (χ2v) is 4.42. The fourth-order valence-electron chi connectivity index (χ4n) is 0.665. The van der Waals surface area contributed by atoms with Gasteiger partial charge in [-0.25, -0.2) is 4.98 Å². The highest BCUT2D eigenvalue weighted by Gasteiger charge is 2.46. The summed E-state index contributed by atoms with van der Waals surface area (Å²) < 4.78 is 58.4. The van der Waals surface area contributed by atoms with Crippen molar-refractivity contribution < 1.29 is 21.6 Å². The number of anilines is 1. The number of hydrogen-bond donors (Lipinski definition) is 1. The lowest BCUT2D eigenvalue weighted by Gasteiger charge is -2.10. The topological polar surface area (TPSA) is 59.1 Å². The van der Waals surface area contributed by atoms with Crippen LogP contribution in [0.2, 0.25) is 5.15 Å². The Morgan fingerprint density at radius 3 is 2.47 bits per heavy atom. The van der Waals surface area contributed by atoms with Gasteiger partial charge in [0.25, 0.3) is 0 Å². The predicted octanol–water partition coefficient (Wildman–Crippen LogP) is 2.00. The third kappa shape index (κ3) is 2.72. The first kappa shape index (κ1) is 12.1. The number of hydrogen-bond acceptors (Lipinski definition) is 3. The zero-order valence-electron chi connectivity index (χ0n) is 6.92. The minimum absolute atomic E-state index is 0.356. The number of pyridine rings is 1. The summed E-state index contributed by atoms with van der Waals surface area (Å²) >= 11 is 5.37. The van der Waals surface area contributed by atoms with Gasteiger partial charge in [0.15, 0.2) is 5.15 Å². The van der Waals surface area contributed by atoms with Gasteiger partial charge in [0.2, 0.25) is 0 Å². The van der Waals surface area contributed by atoms with Crippen LogP contribution >= 0.6 is 11.6 Å². The normalized spacial score (nSPS) is 12.5. The third-order valence-corrected chi connectivity index (χ3v) is 2.71. The lowest BCUT2D eigenvalue weighted by atomic mass is 10.4. The Labute approximate surface area is 88.1 Å². The highest BCUT2D eigenvalue weighted by molar-refractivity contribution is 7.93. The molecule has 4 nitrogen and oxygen atoms in total. The summed E-state index contributed by atoms with van der Waals surface area (Å²) in [5.74, 6) is 0. The molecule has 15 heavy (non-hydrogen) atoms. The highest BCUT2D eigenvalue weighted by atomic mass is 35.5. The molecule has 0 aromatic carbocycles. The van der Waals surface area contributed by atoms with Gasteiger partial charge in [0, 0.05) is 6.20 Å². The van der Waals surface area contributed by atoms with E-state index < -0.39 is 21.2 Å².